The van der Waals surface area contributed by atoms with Crippen LogP contribution in [0.3, 0.4) is 0 Å². The van der Waals surface area contributed by atoms with Crippen molar-refractivity contribution in [1.82, 2.24) is 15.1 Å². The summed E-state index contributed by atoms with van der Waals surface area (Å²) in [6, 6.07) is 8.09. The van der Waals surface area contributed by atoms with E-state index in [1.54, 1.807) is 37.3 Å². The number of rotatable bonds is 2. The van der Waals surface area contributed by atoms with Crippen LogP contribution >= 0.6 is 0 Å². The summed E-state index contributed by atoms with van der Waals surface area (Å²) >= 11 is 0. The van der Waals surface area contributed by atoms with Crippen LogP contribution in [0, 0.1) is 18.8 Å². The first-order valence-corrected chi connectivity index (χ1v) is 7.50. The number of nitrogen functional groups attached to an aromatic ring is 2. The first-order valence-electron chi connectivity index (χ1n) is 7.50. The van der Waals surface area contributed by atoms with Crippen LogP contribution in [0.15, 0.2) is 41.2 Å². The summed E-state index contributed by atoms with van der Waals surface area (Å²) in [5.74, 6) is 6.49. The Morgan fingerprint density at radius 2 is 1.77 bits per heavy atom. The predicted molar refractivity (Wildman–Crippen MR) is 97.2 cm³/mol. The molecule has 3 aromatic rings. The van der Waals surface area contributed by atoms with Gasteiger partial charge in [-0.15, -0.1) is 0 Å². The summed E-state index contributed by atoms with van der Waals surface area (Å²) < 4.78 is 4.91. The van der Waals surface area contributed by atoms with Gasteiger partial charge in [-0.1, -0.05) is 17.0 Å². The average molecular weight is 349 g/mol. The molecule has 0 radical (unpaired) electrons. The first-order chi connectivity index (χ1) is 12.5. The van der Waals surface area contributed by atoms with Crippen molar-refractivity contribution in [2.45, 2.75) is 6.92 Å². The predicted octanol–water partition coefficient (Wildman–Crippen LogP) is 1.98. The van der Waals surface area contributed by atoms with Gasteiger partial charge in [-0.25, -0.2) is 14.8 Å². The number of benzene rings is 1. The SMILES string of the molecule is Cc1cc(NC(=O)Nc2ccc(C#Cc3c(N)ncnc3N)cc2)on1. The molecule has 6 N–H and O–H groups in total. The second-order valence-electron chi connectivity index (χ2n) is 5.26. The number of amides is 2. The van der Waals surface area contributed by atoms with Crippen molar-refractivity contribution in [2.75, 3.05) is 22.1 Å². The summed E-state index contributed by atoms with van der Waals surface area (Å²) in [6.07, 6.45) is 1.28. The second-order valence-corrected chi connectivity index (χ2v) is 5.26. The van der Waals surface area contributed by atoms with Crippen LogP contribution in [0.1, 0.15) is 16.8 Å². The normalized spacial score (nSPS) is 9.88. The number of nitrogens with zero attached hydrogens (tertiary/aromatic N) is 3. The Morgan fingerprint density at radius 3 is 2.38 bits per heavy atom. The number of carbonyl (C=O) groups is 1. The summed E-state index contributed by atoms with van der Waals surface area (Å²) in [5.41, 5.74) is 13.8. The molecule has 0 saturated carbocycles. The van der Waals surface area contributed by atoms with Crippen molar-refractivity contribution in [3.63, 3.8) is 0 Å². The van der Waals surface area contributed by atoms with Gasteiger partial charge in [0.25, 0.3) is 0 Å². The zero-order valence-corrected chi connectivity index (χ0v) is 13.8. The zero-order chi connectivity index (χ0) is 18.5. The molecule has 0 spiro atoms. The zero-order valence-electron chi connectivity index (χ0n) is 13.8. The van der Waals surface area contributed by atoms with E-state index in [1.165, 1.54) is 6.33 Å². The highest BCUT2D eigenvalue weighted by atomic mass is 16.5. The Bertz CT molecular complexity index is 980. The van der Waals surface area contributed by atoms with E-state index >= 15 is 0 Å². The minimum absolute atomic E-state index is 0.225. The molecule has 1 aromatic carbocycles. The summed E-state index contributed by atoms with van der Waals surface area (Å²) in [7, 11) is 0. The molecule has 3 rings (SSSR count). The quantitative estimate of drug-likeness (QED) is 0.517. The Morgan fingerprint density at radius 1 is 1.08 bits per heavy atom. The van der Waals surface area contributed by atoms with E-state index < -0.39 is 6.03 Å². The number of nitrogens with one attached hydrogen (secondary N) is 2. The van der Waals surface area contributed by atoms with Gasteiger partial charge in [-0.05, 0) is 31.2 Å². The summed E-state index contributed by atoms with van der Waals surface area (Å²) in [4.78, 5) is 19.6. The van der Waals surface area contributed by atoms with Gasteiger partial charge in [-0.2, -0.15) is 0 Å². The summed E-state index contributed by atoms with van der Waals surface area (Å²) in [5, 5.41) is 8.90. The summed E-state index contributed by atoms with van der Waals surface area (Å²) in [6.45, 7) is 1.76. The Kier molecular flexibility index (Phi) is 4.67. The third-order valence-corrected chi connectivity index (χ3v) is 3.25. The van der Waals surface area contributed by atoms with E-state index in [1.807, 2.05) is 0 Å². The standard InChI is InChI=1S/C17H15N7O2/c1-10-8-14(26-24-10)23-17(25)22-12-5-2-11(3-6-12)4-7-13-15(18)20-9-21-16(13)19/h2-3,5-6,8-9H,1H3,(H2,22,23,25)(H4,18,19,20,21). The maximum Gasteiger partial charge on any atom is 0.326 e. The largest absolute Gasteiger partial charge is 0.382 e. The van der Waals surface area contributed by atoms with Crippen LogP contribution in [-0.4, -0.2) is 21.2 Å². The van der Waals surface area contributed by atoms with Crippen molar-refractivity contribution in [3.05, 3.63) is 53.5 Å². The highest BCUT2D eigenvalue weighted by molar-refractivity contribution is 5.98. The van der Waals surface area contributed by atoms with Gasteiger partial charge in [0.1, 0.15) is 23.5 Å². The van der Waals surface area contributed by atoms with Crippen molar-refractivity contribution in [3.8, 4) is 11.8 Å². The van der Waals surface area contributed by atoms with Crippen molar-refractivity contribution in [1.29, 1.82) is 0 Å². The van der Waals surface area contributed by atoms with E-state index in [0.717, 1.165) is 0 Å². The molecule has 2 aromatic heterocycles. The van der Waals surface area contributed by atoms with Crippen molar-refractivity contribution in [2.24, 2.45) is 0 Å². The molecule has 0 atom stereocenters. The number of hydrogen-bond donors (Lipinski definition) is 4. The van der Waals surface area contributed by atoms with Crippen LogP contribution in [0.4, 0.5) is 28.0 Å². The molecule has 0 aliphatic heterocycles. The third kappa shape index (κ3) is 4.07. The molecule has 0 bridgehead atoms. The molecule has 0 aliphatic rings. The number of aryl methyl sites for hydroxylation is 1. The van der Waals surface area contributed by atoms with Crippen molar-refractivity contribution >= 4 is 29.2 Å². The molecule has 26 heavy (non-hydrogen) atoms. The van der Waals surface area contributed by atoms with E-state index in [2.05, 4.69) is 37.6 Å². The molecule has 0 unspecified atom stereocenters. The number of aromatic nitrogens is 3. The lowest BCUT2D eigenvalue weighted by atomic mass is 10.2. The number of urea groups is 1. The van der Waals surface area contributed by atoms with Crippen LogP contribution in [-0.2, 0) is 0 Å². The van der Waals surface area contributed by atoms with E-state index in [-0.39, 0.29) is 17.5 Å². The van der Waals surface area contributed by atoms with Gasteiger partial charge in [0.05, 0.1) is 5.69 Å². The van der Waals surface area contributed by atoms with Gasteiger partial charge in [0.2, 0.25) is 5.88 Å². The van der Waals surface area contributed by atoms with Crippen LogP contribution < -0.4 is 22.1 Å². The van der Waals surface area contributed by atoms with Crippen LogP contribution in [0.2, 0.25) is 0 Å². The van der Waals surface area contributed by atoms with Crippen LogP contribution in [0.25, 0.3) is 0 Å². The Hall–Kier alpha value is -4.06. The minimum Gasteiger partial charge on any atom is -0.382 e. The number of carbonyl (C=O) groups excluding carboxylic acids is 1. The number of nitrogens with two attached hydrogens (primary N) is 2. The maximum atomic E-state index is 11.9. The Labute approximate surface area is 148 Å². The second kappa shape index (κ2) is 7.23. The molecule has 0 fully saturated rings. The monoisotopic (exact) mass is 349 g/mol. The first kappa shape index (κ1) is 16.8. The van der Waals surface area contributed by atoms with Gasteiger partial charge in [0.15, 0.2) is 0 Å². The lowest BCUT2D eigenvalue weighted by Crippen LogP contribution is -2.18. The lowest BCUT2D eigenvalue weighted by molar-refractivity contribution is 0.261. The fraction of sp³-hybridized carbons (Fsp3) is 0.0588. The molecule has 2 heterocycles. The van der Waals surface area contributed by atoms with Gasteiger partial charge >= 0.3 is 6.03 Å². The highest BCUT2D eigenvalue weighted by Gasteiger charge is 2.06. The fourth-order valence-electron chi connectivity index (χ4n) is 2.01. The molecule has 0 saturated heterocycles. The molecule has 2 amide bonds. The van der Waals surface area contributed by atoms with Crippen molar-refractivity contribution < 1.29 is 9.32 Å². The topological polar surface area (TPSA) is 145 Å². The molecule has 9 nitrogen and oxygen atoms in total. The van der Waals surface area contributed by atoms with E-state index in [0.29, 0.717) is 22.5 Å². The maximum absolute atomic E-state index is 11.9. The average Bonchev–Trinajstić information content (AvgIpc) is 3.00. The van der Waals surface area contributed by atoms with Gasteiger partial charge in [0, 0.05) is 17.3 Å². The molecular formula is C17H15N7O2. The fourth-order valence-corrected chi connectivity index (χ4v) is 2.01. The van der Waals surface area contributed by atoms with Gasteiger partial charge < -0.3 is 21.3 Å². The van der Waals surface area contributed by atoms with E-state index in [9.17, 15) is 4.79 Å². The molecular weight excluding hydrogens is 334 g/mol. The van der Waals surface area contributed by atoms with Gasteiger partial charge in [-0.3, -0.25) is 5.32 Å². The lowest BCUT2D eigenvalue weighted by Gasteiger charge is -2.05. The van der Waals surface area contributed by atoms with E-state index in [4.69, 9.17) is 16.0 Å². The molecule has 130 valence electrons. The number of anilines is 4. The van der Waals surface area contributed by atoms with Crippen LogP contribution in [0.5, 0.6) is 0 Å². The third-order valence-electron chi connectivity index (χ3n) is 3.25. The Balaban J connectivity index is 1.65. The highest BCUT2D eigenvalue weighted by Crippen LogP contribution is 2.14. The minimum atomic E-state index is -0.443. The molecule has 9 heteroatoms. The number of hydrogen-bond acceptors (Lipinski definition) is 7. The molecule has 0 aliphatic carbocycles. The smallest absolute Gasteiger partial charge is 0.326 e.